The van der Waals surface area contributed by atoms with Gasteiger partial charge in [-0.15, -0.1) is 0 Å². The van der Waals surface area contributed by atoms with Crippen molar-refractivity contribution in [1.29, 1.82) is 0 Å². The summed E-state index contributed by atoms with van der Waals surface area (Å²) in [6.45, 7) is 11.6. The summed E-state index contributed by atoms with van der Waals surface area (Å²) in [7, 11) is 1.34. The van der Waals surface area contributed by atoms with Crippen LogP contribution in [0.2, 0.25) is 0 Å². The molecule has 0 heterocycles. The molecule has 0 saturated heterocycles. The number of methoxy groups -OCH3 is 1. The average Bonchev–Trinajstić information content (AvgIpc) is 2.46. The Hall–Kier alpha value is -2.41. The quantitative estimate of drug-likeness (QED) is 0.582. The summed E-state index contributed by atoms with van der Waals surface area (Å²) in [5.41, 5.74) is 4.10. The first kappa shape index (κ1) is 23.7. The van der Waals surface area contributed by atoms with Crippen molar-refractivity contribution in [3.05, 3.63) is 36.6 Å². The molecular formula is C14H24NO6+. The van der Waals surface area contributed by atoms with Gasteiger partial charge in [-0.05, 0) is 20.8 Å². The van der Waals surface area contributed by atoms with Crippen molar-refractivity contribution < 1.29 is 34.7 Å². The molecule has 0 fully saturated rings. The standard InChI is InChI=1S/C5H9NO2.C5H8O2.C4H6O2/c1-4(3-6)5(7)8-2;1-3-5(6)7-4-2;1-3(2)4(5)6/h3H,6H2,1-2H3;3H,1,4H2,2H3;1H2,2H3,(H,5,6)/p+1. The van der Waals surface area contributed by atoms with Crippen LogP contribution in [0.15, 0.2) is 36.6 Å². The van der Waals surface area contributed by atoms with E-state index in [0.717, 1.165) is 6.08 Å². The fourth-order valence-electron chi connectivity index (χ4n) is 0.446. The van der Waals surface area contributed by atoms with Crippen LogP contribution >= 0.6 is 0 Å². The highest BCUT2D eigenvalue weighted by molar-refractivity contribution is 5.87. The Balaban J connectivity index is -0.000000234. The summed E-state index contributed by atoms with van der Waals surface area (Å²) in [6.07, 6.45) is 2.61. The van der Waals surface area contributed by atoms with Crippen molar-refractivity contribution in [2.45, 2.75) is 20.8 Å². The lowest BCUT2D eigenvalue weighted by atomic mass is 10.3. The van der Waals surface area contributed by atoms with Gasteiger partial charge in [-0.25, -0.2) is 14.4 Å². The Morgan fingerprint density at radius 3 is 1.81 bits per heavy atom. The molecule has 0 spiro atoms. The Morgan fingerprint density at radius 1 is 1.29 bits per heavy atom. The van der Waals surface area contributed by atoms with Gasteiger partial charge in [0.1, 0.15) is 6.20 Å². The molecule has 0 aliphatic heterocycles. The van der Waals surface area contributed by atoms with Crippen molar-refractivity contribution in [1.82, 2.24) is 0 Å². The average molecular weight is 302 g/mol. The van der Waals surface area contributed by atoms with Crippen molar-refractivity contribution in [3.8, 4) is 0 Å². The van der Waals surface area contributed by atoms with Crippen LogP contribution in [-0.4, -0.2) is 36.7 Å². The lowest BCUT2D eigenvalue weighted by molar-refractivity contribution is -0.276. The van der Waals surface area contributed by atoms with E-state index in [2.05, 4.69) is 28.4 Å². The van der Waals surface area contributed by atoms with E-state index in [1.54, 1.807) is 13.8 Å². The van der Waals surface area contributed by atoms with Crippen LogP contribution in [0.25, 0.3) is 0 Å². The molecule has 0 unspecified atom stereocenters. The summed E-state index contributed by atoms with van der Waals surface area (Å²) >= 11 is 0. The number of carboxylic acid groups (broad SMARTS) is 1. The lowest BCUT2D eigenvalue weighted by Crippen LogP contribution is -2.40. The number of quaternary nitrogens is 1. The first-order chi connectivity index (χ1) is 9.67. The second kappa shape index (κ2) is 15.6. The highest BCUT2D eigenvalue weighted by Crippen LogP contribution is 1.89. The van der Waals surface area contributed by atoms with Crippen LogP contribution in [0.5, 0.6) is 0 Å². The van der Waals surface area contributed by atoms with E-state index in [4.69, 9.17) is 5.11 Å². The number of carbonyl (C=O) groups is 3. The van der Waals surface area contributed by atoms with Gasteiger partial charge >= 0.3 is 17.9 Å². The summed E-state index contributed by atoms with van der Waals surface area (Å²) in [4.78, 5) is 30.1. The van der Waals surface area contributed by atoms with Gasteiger partial charge in [0.25, 0.3) is 0 Å². The van der Waals surface area contributed by atoms with E-state index in [9.17, 15) is 14.4 Å². The number of hydrogen-bond acceptors (Lipinski definition) is 5. The zero-order valence-corrected chi connectivity index (χ0v) is 13.0. The Bertz CT molecular complexity index is 386. The van der Waals surface area contributed by atoms with E-state index in [1.165, 1.54) is 20.2 Å². The van der Waals surface area contributed by atoms with Crippen LogP contribution in [0.4, 0.5) is 0 Å². The van der Waals surface area contributed by atoms with Gasteiger partial charge in [-0.3, -0.25) is 0 Å². The molecule has 0 radical (unpaired) electrons. The predicted octanol–water partition coefficient (Wildman–Crippen LogP) is 0.688. The smallest absolute Gasteiger partial charge is 0.338 e. The maximum absolute atomic E-state index is 10.4. The molecule has 21 heavy (non-hydrogen) atoms. The predicted molar refractivity (Wildman–Crippen MR) is 77.9 cm³/mol. The topological polar surface area (TPSA) is 118 Å². The highest BCUT2D eigenvalue weighted by atomic mass is 16.5. The number of ether oxygens (including phenoxy) is 2. The molecule has 4 N–H and O–H groups in total. The van der Waals surface area contributed by atoms with Crippen molar-refractivity contribution in [3.63, 3.8) is 0 Å². The van der Waals surface area contributed by atoms with E-state index in [1.807, 2.05) is 0 Å². The molecule has 0 saturated carbocycles. The third kappa shape index (κ3) is 20.1. The highest BCUT2D eigenvalue weighted by Gasteiger charge is 2.00. The molecule has 0 rings (SSSR count). The number of carbonyl (C=O) groups excluding carboxylic acids is 2. The molecule has 0 amide bonds. The maximum atomic E-state index is 10.4. The van der Waals surface area contributed by atoms with Gasteiger partial charge in [0.2, 0.25) is 0 Å². The Kier molecular flexibility index (Phi) is 17.6. The van der Waals surface area contributed by atoms with Gasteiger partial charge in [0.05, 0.1) is 19.3 Å². The number of esters is 2. The zero-order valence-electron chi connectivity index (χ0n) is 13.0. The molecule has 0 atom stereocenters. The minimum absolute atomic E-state index is 0.176. The molecule has 0 aromatic carbocycles. The van der Waals surface area contributed by atoms with Crippen molar-refractivity contribution >= 4 is 17.9 Å². The second-order valence-corrected chi connectivity index (χ2v) is 3.42. The Morgan fingerprint density at radius 2 is 1.71 bits per heavy atom. The van der Waals surface area contributed by atoms with Crippen LogP contribution in [0.1, 0.15) is 20.8 Å². The minimum Gasteiger partial charge on any atom is -0.478 e. The Labute approximate surface area is 124 Å². The first-order valence-electron chi connectivity index (χ1n) is 5.90. The molecule has 0 aromatic heterocycles. The molecular weight excluding hydrogens is 278 g/mol. The zero-order chi connectivity index (χ0) is 17.4. The summed E-state index contributed by atoms with van der Waals surface area (Å²) in [5.74, 6) is -1.61. The van der Waals surface area contributed by atoms with Gasteiger partial charge < -0.3 is 20.3 Å². The molecule has 120 valence electrons. The van der Waals surface area contributed by atoms with Crippen LogP contribution in [0, 0.1) is 0 Å². The van der Waals surface area contributed by atoms with Gasteiger partial charge in [0, 0.05) is 11.6 Å². The maximum Gasteiger partial charge on any atom is 0.338 e. The lowest BCUT2D eigenvalue weighted by Gasteiger charge is -1.91. The molecule has 0 aliphatic rings. The number of aliphatic carboxylic acids is 1. The third-order valence-electron chi connectivity index (χ3n) is 1.63. The minimum atomic E-state index is -0.935. The second-order valence-electron chi connectivity index (χ2n) is 3.42. The molecule has 0 aliphatic carbocycles. The van der Waals surface area contributed by atoms with Crippen LogP contribution < -0.4 is 5.73 Å². The normalized spacial score (nSPS) is 8.90. The van der Waals surface area contributed by atoms with Crippen LogP contribution in [-0.2, 0) is 23.9 Å². The van der Waals surface area contributed by atoms with Gasteiger partial charge in [0.15, 0.2) is 0 Å². The first-order valence-corrected chi connectivity index (χ1v) is 5.90. The van der Waals surface area contributed by atoms with Gasteiger partial charge in [-0.2, -0.15) is 0 Å². The number of rotatable bonds is 4. The van der Waals surface area contributed by atoms with Crippen molar-refractivity contribution in [2.24, 2.45) is 0 Å². The molecule has 7 heteroatoms. The van der Waals surface area contributed by atoms with Crippen LogP contribution in [0.3, 0.4) is 0 Å². The molecule has 0 bridgehead atoms. The van der Waals surface area contributed by atoms with Crippen molar-refractivity contribution in [2.75, 3.05) is 13.7 Å². The van der Waals surface area contributed by atoms with Gasteiger partial charge in [-0.1, -0.05) is 13.2 Å². The fourth-order valence-corrected chi connectivity index (χ4v) is 0.446. The monoisotopic (exact) mass is 302 g/mol. The van der Waals surface area contributed by atoms with E-state index >= 15 is 0 Å². The number of carboxylic acids is 1. The SMILES string of the molecule is C=C(C)C(=O)O.C=CC(=O)OCC.COC(=O)C(C)=C[NH3+]. The summed E-state index contributed by atoms with van der Waals surface area (Å²) in [6, 6.07) is 0. The summed E-state index contributed by atoms with van der Waals surface area (Å²) < 4.78 is 8.79. The largest absolute Gasteiger partial charge is 0.478 e. The third-order valence-corrected chi connectivity index (χ3v) is 1.63. The summed E-state index contributed by atoms with van der Waals surface area (Å²) in [5, 5.41) is 7.89. The van der Waals surface area contributed by atoms with E-state index in [-0.39, 0.29) is 17.5 Å². The molecule has 0 aromatic rings. The van der Waals surface area contributed by atoms with E-state index in [0.29, 0.717) is 12.2 Å². The van der Waals surface area contributed by atoms with E-state index < -0.39 is 5.97 Å². The fraction of sp³-hybridized carbons (Fsp3) is 0.357. The number of hydrogen-bond donors (Lipinski definition) is 2. The molecule has 7 nitrogen and oxygen atoms in total.